The second kappa shape index (κ2) is 14.0. The summed E-state index contributed by atoms with van der Waals surface area (Å²) in [6.07, 6.45) is 1.60. The molecule has 0 aliphatic carbocycles. The Hall–Kier alpha value is -4.34. The first kappa shape index (κ1) is 32.6. The van der Waals surface area contributed by atoms with Gasteiger partial charge in [0.1, 0.15) is 34.0 Å². The monoisotopic (exact) mass is 626 g/mol. The molecular formula is C29H38N8O6S. The second-order valence-corrected chi connectivity index (χ2v) is 12.3. The number of rotatable bonds is 13. The molecule has 236 valence electrons. The number of nitrogens with one attached hydrogen (secondary N) is 1. The van der Waals surface area contributed by atoms with Crippen molar-refractivity contribution in [1.82, 2.24) is 24.6 Å². The Kier molecular flexibility index (Phi) is 10.3. The highest BCUT2D eigenvalue weighted by atomic mass is 32.2. The van der Waals surface area contributed by atoms with E-state index in [-0.39, 0.29) is 23.7 Å². The number of sulfonamides is 1. The number of likely N-dealkylation sites (tertiary alicyclic amines) is 1. The molecule has 0 amide bonds. The summed E-state index contributed by atoms with van der Waals surface area (Å²) in [7, 11) is 1.94. The third-order valence-corrected chi connectivity index (χ3v) is 8.81. The first-order valence-electron chi connectivity index (χ1n) is 13.7. The Labute approximate surface area is 257 Å². The average Bonchev–Trinajstić information content (AvgIpc) is 3.40. The molecule has 1 saturated heterocycles. The fourth-order valence-electron chi connectivity index (χ4n) is 4.74. The molecule has 15 heteroatoms. The molecule has 1 N–H and O–H groups in total. The van der Waals surface area contributed by atoms with Crippen molar-refractivity contribution in [2.45, 2.75) is 38.2 Å². The molecule has 1 unspecified atom stereocenters. The zero-order valence-electron chi connectivity index (χ0n) is 25.9. The van der Waals surface area contributed by atoms with Crippen molar-refractivity contribution in [3.05, 3.63) is 48.2 Å². The number of hydrogen-bond donors (Lipinski definition) is 1. The first-order valence-corrected chi connectivity index (χ1v) is 15.3. The maximum absolute atomic E-state index is 14.2. The molecule has 1 aliphatic rings. The van der Waals surface area contributed by atoms with E-state index in [1.165, 1.54) is 25.9 Å². The van der Waals surface area contributed by atoms with E-state index in [4.69, 9.17) is 18.9 Å². The number of ether oxygens (including phenoxy) is 4. The summed E-state index contributed by atoms with van der Waals surface area (Å²) in [5.41, 5.74) is 1.67. The van der Waals surface area contributed by atoms with Gasteiger partial charge in [-0.05, 0) is 45.7 Å². The third kappa shape index (κ3) is 6.74. The predicted octanol–water partition coefficient (Wildman–Crippen LogP) is 3.21. The van der Waals surface area contributed by atoms with Crippen LogP contribution in [-0.4, -0.2) is 105 Å². The van der Waals surface area contributed by atoms with Gasteiger partial charge in [0.2, 0.25) is 21.9 Å². The molecule has 2 aromatic heterocycles. The lowest BCUT2D eigenvalue weighted by atomic mass is 10.0. The number of allylic oxidation sites excluding steroid dienone is 1. The van der Waals surface area contributed by atoms with E-state index < -0.39 is 21.3 Å². The molecule has 4 rings (SSSR count). The smallest absolute Gasteiger partial charge is 0.243 e. The number of anilines is 1. The van der Waals surface area contributed by atoms with Crippen LogP contribution in [0.25, 0.3) is 17.2 Å². The van der Waals surface area contributed by atoms with Crippen LogP contribution in [0.4, 0.5) is 5.95 Å². The fourth-order valence-corrected chi connectivity index (χ4v) is 5.95. The number of amidine groups is 1. The summed E-state index contributed by atoms with van der Waals surface area (Å²) in [6.45, 7) is 10.1. The van der Waals surface area contributed by atoms with E-state index in [2.05, 4.69) is 36.6 Å². The number of nitrogens with zero attached hydrogens (tertiary/aromatic N) is 7. The minimum absolute atomic E-state index is 0.0334. The fraction of sp³-hybridized carbons (Fsp3) is 0.414. The second-order valence-electron chi connectivity index (χ2n) is 10.2. The first-order chi connectivity index (χ1) is 21.1. The van der Waals surface area contributed by atoms with Crippen LogP contribution >= 0.6 is 0 Å². The number of benzene rings is 1. The number of aliphatic imine (C=N–C) groups is 2. The highest BCUT2D eigenvalue weighted by Crippen LogP contribution is 2.38. The van der Waals surface area contributed by atoms with Crippen LogP contribution in [0.2, 0.25) is 0 Å². The summed E-state index contributed by atoms with van der Waals surface area (Å²) >= 11 is 0. The SMILES string of the molecule is C=N/C(=N\C=C(C)C)C([C@H](C)S(=O)(=O)Nc1nnc(-c2cccc(OC)n2)n1-c1c(OC)cccc1OC)N1CC(OC)C1. The molecule has 1 fully saturated rings. The molecule has 14 nitrogen and oxygen atoms in total. The van der Waals surface area contributed by atoms with E-state index in [0.717, 1.165) is 5.57 Å². The van der Waals surface area contributed by atoms with E-state index in [1.54, 1.807) is 56.6 Å². The van der Waals surface area contributed by atoms with Gasteiger partial charge in [0.15, 0.2) is 5.82 Å². The summed E-state index contributed by atoms with van der Waals surface area (Å²) in [5, 5.41) is 7.53. The van der Waals surface area contributed by atoms with Gasteiger partial charge in [-0.2, -0.15) is 0 Å². The molecule has 1 aliphatic heterocycles. The van der Waals surface area contributed by atoms with Crippen LogP contribution in [-0.2, 0) is 14.8 Å². The lowest BCUT2D eigenvalue weighted by Crippen LogP contribution is -2.62. The van der Waals surface area contributed by atoms with Gasteiger partial charge >= 0.3 is 0 Å². The molecule has 1 aromatic carbocycles. The van der Waals surface area contributed by atoms with E-state index in [1.807, 2.05) is 18.7 Å². The Morgan fingerprint density at radius 2 is 1.70 bits per heavy atom. The maximum Gasteiger partial charge on any atom is 0.243 e. The van der Waals surface area contributed by atoms with Crippen LogP contribution in [0, 0.1) is 0 Å². The van der Waals surface area contributed by atoms with E-state index in [9.17, 15) is 8.42 Å². The van der Waals surface area contributed by atoms with Gasteiger partial charge in [-0.15, -0.1) is 10.2 Å². The van der Waals surface area contributed by atoms with Crippen molar-refractivity contribution >= 4 is 28.5 Å². The molecule has 2 atom stereocenters. The van der Waals surface area contributed by atoms with Crippen LogP contribution in [0.3, 0.4) is 0 Å². The Balaban J connectivity index is 1.85. The number of hydrogen-bond acceptors (Lipinski definition) is 11. The Morgan fingerprint density at radius 3 is 2.27 bits per heavy atom. The average molecular weight is 627 g/mol. The standard InChI is InChI=1S/C29H38N8O6S/c1-18(2)15-31-27(30-4)25(36-16-20(17-36)40-5)19(3)44(38,39)35-29-34-33-28(21-11-9-14-24(32-21)43-8)37(29)26-22(41-6)12-10-13-23(26)42-7/h9-15,19-20,25H,4,16-17H2,1-3,5-8H3,(H,34,35)/b31-27-/t19-,25?/m0/s1. The Bertz CT molecular complexity index is 1620. The number of aromatic nitrogens is 4. The molecule has 0 spiro atoms. The Morgan fingerprint density at radius 1 is 1.05 bits per heavy atom. The molecule has 0 radical (unpaired) electrons. The predicted molar refractivity (Wildman–Crippen MR) is 169 cm³/mol. The summed E-state index contributed by atoms with van der Waals surface area (Å²) in [5.74, 6) is 1.50. The normalized spacial score (nSPS) is 15.6. The lowest BCUT2D eigenvalue weighted by molar-refractivity contribution is -0.0385. The van der Waals surface area contributed by atoms with Gasteiger partial charge < -0.3 is 18.9 Å². The minimum atomic E-state index is -4.17. The molecule has 3 aromatic rings. The van der Waals surface area contributed by atoms with Crippen molar-refractivity contribution < 1.29 is 27.4 Å². The maximum atomic E-state index is 14.2. The zero-order valence-corrected chi connectivity index (χ0v) is 26.7. The molecule has 0 saturated carbocycles. The van der Waals surface area contributed by atoms with Crippen LogP contribution in [0.15, 0.2) is 58.2 Å². The highest BCUT2D eigenvalue weighted by Gasteiger charge is 2.43. The highest BCUT2D eigenvalue weighted by molar-refractivity contribution is 7.93. The summed E-state index contributed by atoms with van der Waals surface area (Å²) in [6, 6.07) is 9.59. The van der Waals surface area contributed by atoms with Crippen molar-refractivity contribution in [2.24, 2.45) is 9.98 Å². The minimum Gasteiger partial charge on any atom is -0.494 e. The topological polar surface area (TPSA) is 155 Å². The number of para-hydroxylation sites is 1. The number of methoxy groups -OCH3 is 4. The van der Waals surface area contributed by atoms with Gasteiger partial charge in [0, 0.05) is 32.5 Å². The molecule has 3 heterocycles. The molecular weight excluding hydrogens is 588 g/mol. The van der Waals surface area contributed by atoms with E-state index >= 15 is 0 Å². The zero-order chi connectivity index (χ0) is 32.0. The van der Waals surface area contributed by atoms with Gasteiger partial charge in [0.05, 0.1) is 33.5 Å². The van der Waals surface area contributed by atoms with Crippen molar-refractivity contribution in [3.8, 4) is 34.6 Å². The third-order valence-electron chi connectivity index (χ3n) is 7.10. The number of pyridine rings is 1. The van der Waals surface area contributed by atoms with Gasteiger partial charge in [-0.1, -0.05) is 17.7 Å². The summed E-state index contributed by atoms with van der Waals surface area (Å²) in [4.78, 5) is 15.0. The van der Waals surface area contributed by atoms with Gasteiger partial charge in [-0.3, -0.25) is 14.2 Å². The quantitative estimate of drug-likeness (QED) is 0.221. The van der Waals surface area contributed by atoms with Crippen molar-refractivity contribution in [2.75, 3.05) is 46.3 Å². The van der Waals surface area contributed by atoms with Crippen LogP contribution in [0.5, 0.6) is 17.4 Å². The van der Waals surface area contributed by atoms with Gasteiger partial charge in [-0.25, -0.2) is 23.4 Å². The van der Waals surface area contributed by atoms with Crippen molar-refractivity contribution in [3.63, 3.8) is 0 Å². The molecule has 44 heavy (non-hydrogen) atoms. The van der Waals surface area contributed by atoms with Gasteiger partial charge in [0.25, 0.3) is 0 Å². The van der Waals surface area contributed by atoms with E-state index in [0.29, 0.717) is 41.8 Å². The largest absolute Gasteiger partial charge is 0.494 e. The lowest BCUT2D eigenvalue weighted by Gasteiger charge is -2.44. The van der Waals surface area contributed by atoms with Crippen LogP contribution < -0.4 is 18.9 Å². The summed E-state index contributed by atoms with van der Waals surface area (Å²) < 4.78 is 54.5. The van der Waals surface area contributed by atoms with Crippen LogP contribution in [0.1, 0.15) is 20.8 Å². The van der Waals surface area contributed by atoms with Crippen molar-refractivity contribution in [1.29, 1.82) is 0 Å². The molecule has 0 bridgehead atoms.